The van der Waals surface area contributed by atoms with Gasteiger partial charge in [-0.15, -0.1) is 0 Å². The van der Waals surface area contributed by atoms with Gasteiger partial charge in [-0.3, -0.25) is 4.79 Å². The number of amides is 1. The number of piperidine rings is 1. The Labute approximate surface area is 121 Å². The highest BCUT2D eigenvalue weighted by Crippen LogP contribution is 2.18. The van der Waals surface area contributed by atoms with Crippen molar-refractivity contribution in [1.29, 1.82) is 0 Å². The monoisotopic (exact) mass is 275 g/mol. The Morgan fingerprint density at radius 2 is 1.85 bits per heavy atom. The van der Waals surface area contributed by atoms with Crippen molar-refractivity contribution >= 4 is 5.91 Å². The standard InChI is InChI=1S/C17H25NO2/c1-13(2)20-16-6-4-15(5-7-16)12-17(19)18-10-8-14(3)9-11-18/h4-7,13-14H,8-12H2,1-3H3. The van der Waals surface area contributed by atoms with Crippen LogP contribution in [0.15, 0.2) is 24.3 Å². The van der Waals surface area contributed by atoms with Crippen LogP contribution in [0, 0.1) is 5.92 Å². The Balaban J connectivity index is 1.88. The first-order valence-corrected chi connectivity index (χ1v) is 7.58. The highest BCUT2D eigenvalue weighted by molar-refractivity contribution is 5.78. The molecule has 1 saturated heterocycles. The van der Waals surface area contributed by atoms with Crippen molar-refractivity contribution in [3.05, 3.63) is 29.8 Å². The molecule has 0 aliphatic carbocycles. The molecule has 0 spiro atoms. The van der Waals surface area contributed by atoms with Crippen molar-refractivity contribution in [3.8, 4) is 5.75 Å². The van der Waals surface area contributed by atoms with Crippen LogP contribution >= 0.6 is 0 Å². The molecule has 0 unspecified atom stereocenters. The van der Waals surface area contributed by atoms with Crippen molar-refractivity contribution in [2.75, 3.05) is 13.1 Å². The summed E-state index contributed by atoms with van der Waals surface area (Å²) in [6.45, 7) is 8.10. The molecule has 0 bridgehead atoms. The molecule has 1 aliphatic heterocycles. The average Bonchev–Trinajstić information content (AvgIpc) is 2.41. The van der Waals surface area contributed by atoms with E-state index in [0.29, 0.717) is 6.42 Å². The van der Waals surface area contributed by atoms with Gasteiger partial charge in [0.05, 0.1) is 12.5 Å². The molecule has 0 aromatic heterocycles. The second kappa shape index (κ2) is 6.78. The smallest absolute Gasteiger partial charge is 0.226 e. The molecule has 1 aliphatic rings. The zero-order valence-electron chi connectivity index (χ0n) is 12.8. The van der Waals surface area contributed by atoms with Crippen LogP contribution in [0.4, 0.5) is 0 Å². The summed E-state index contributed by atoms with van der Waals surface area (Å²) in [6.07, 6.45) is 2.94. The molecular weight excluding hydrogens is 250 g/mol. The summed E-state index contributed by atoms with van der Waals surface area (Å²) in [6, 6.07) is 7.87. The van der Waals surface area contributed by atoms with Gasteiger partial charge in [-0.2, -0.15) is 0 Å². The van der Waals surface area contributed by atoms with E-state index in [9.17, 15) is 4.79 Å². The van der Waals surface area contributed by atoms with E-state index >= 15 is 0 Å². The largest absolute Gasteiger partial charge is 0.491 e. The van der Waals surface area contributed by atoms with Gasteiger partial charge in [0.25, 0.3) is 0 Å². The number of benzene rings is 1. The fourth-order valence-electron chi connectivity index (χ4n) is 2.50. The summed E-state index contributed by atoms with van der Waals surface area (Å²) >= 11 is 0. The van der Waals surface area contributed by atoms with Crippen LogP contribution < -0.4 is 4.74 Å². The Morgan fingerprint density at radius 3 is 2.40 bits per heavy atom. The summed E-state index contributed by atoms with van der Waals surface area (Å²) in [5, 5.41) is 0. The molecule has 3 heteroatoms. The molecule has 0 atom stereocenters. The second-order valence-corrected chi connectivity index (χ2v) is 6.05. The van der Waals surface area contributed by atoms with Gasteiger partial charge in [0.2, 0.25) is 5.91 Å². The summed E-state index contributed by atoms with van der Waals surface area (Å²) in [5.41, 5.74) is 1.06. The predicted molar refractivity (Wildman–Crippen MR) is 80.9 cm³/mol. The number of hydrogen-bond donors (Lipinski definition) is 0. The molecule has 1 amide bonds. The Bertz CT molecular complexity index is 431. The number of rotatable bonds is 4. The Kier molecular flexibility index (Phi) is 5.05. The first-order chi connectivity index (χ1) is 9.54. The normalized spacial score (nSPS) is 16.5. The van der Waals surface area contributed by atoms with Crippen molar-refractivity contribution in [3.63, 3.8) is 0 Å². The van der Waals surface area contributed by atoms with E-state index in [4.69, 9.17) is 4.74 Å². The average molecular weight is 275 g/mol. The number of carbonyl (C=O) groups is 1. The van der Waals surface area contributed by atoms with E-state index < -0.39 is 0 Å². The molecule has 1 fully saturated rings. The van der Waals surface area contributed by atoms with Crippen molar-refractivity contribution in [1.82, 2.24) is 4.90 Å². The molecule has 0 N–H and O–H groups in total. The molecule has 2 rings (SSSR count). The van der Waals surface area contributed by atoms with Crippen molar-refractivity contribution < 1.29 is 9.53 Å². The maximum atomic E-state index is 12.2. The summed E-state index contributed by atoms with van der Waals surface area (Å²) in [5.74, 6) is 1.86. The first-order valence-electron chi connectivity index (χ1n) is 7.58. The van der Waals surface area contributed by atoms with Gasteiger partial charge in [0, 0.05) is 13.1 Å². The number of hydrogen-bond acceptors (Lipinski definition) is 2. The second-order valence-electron chi connectivity index (χ2n) is 6.05. The lowest BCUT2D eigenvalue weighted by Gasteiger charge is -2.30. The third-order valence-electron chi connectivity index (χ3n) is 3.79. The maximum Gasteiger partial charge on any atom is 0.226 e. The lowest BCUT2D eigenvalue weighted by molar-refractivity contribution is -0.131. The van der Waals surface area contributed by atoms with E-state index in [2.05, 4.69) is 6.92 Å². The van der Waals surface area contributed by atoms with Crippen LogP contribution in [0.2, 0.25) is 0 Å². The SMILES string of the molecule is CC1CCN(C(=O)Cc2ccc(OC(C)C)cc2)CC1. The molecule has 20 heavy (non-hydrogen) atoms. The fraction of sp³-hybridized carbons (Fsp3) is 0.588. The van der Waals surface area contributed by atoms with E-state index in [1.54, 1.807) is 0 Å². The minimum atomic E-state index is 0.179. The molecule has 0 radical (unpaired) electrons. The maximum absolute atomic E-state index is 12.2. The summed E-state index contributed by atoms with van der Waals surface area (Å²) in [4.78, 5) is 14.2. The third kappa shape index (κ3) is 4.26. The van der Waals surface area contributed by atoms with Gasteiger partial charge in [-0.05, 0) is 50.3 Å². The van der Waals surface area contributed by atoms with Gasteiger partial charge in [-0.1, -0.05) is 19.1 Å². The van der Waals surface area contributed by atoms with E-state index in [-0.39, 0.29) is 12.0 Å². The van der Waals surface area contributed by atoms with E-state index in [1.807, 2.05) is 43.0 Å². The molecule has 110 valence electrons. The molecule has 0 saturated carbocycles. The van der Waals surface area contributed by atoms with Crippen LogP contribution in [-0.4, -0.2) is 30.0 Å². The van der Waals surface area contributed by atoms with Crippen molar-refractivity contribution in [2.24, 2.45) is 5.92 Å². The first kappa shape index (κ1) is 14.9. The number of nitrogens with zero attached hydrogens (tertiary/aromatic N) is 1. The van der Waals surface area contributed by atoms with Crippen LogP contribution in [0.25, 0.3) is 0 Å². The van der Waals surface area contributed by atoms with Gasteiger partial charge in [-0.25, -0.2) is 0 Å². The molecule has 1 aromatic carbocycles. The zero-order valence-corrected chi connectivity index (χ0v) is 12.8. The van der Waals surface area contributed by atoms with Crippen LogP contribution in [0.5, 0.6) is 5.75 Å². The van der Waals surface area contributed by atoms with Crippen LogP contribution in [-0.2, 0) is 11.2 Å². The van der Waals surface area contributed by atoms with Crippen LogP contribution in [0.3, 0.4) is 0 Å². The lowest BCUT2D eigenvalue weighted by Crippen LogP contribution is -2.38. The fourth-order valence-corrected chi connectivity index (χ4v) is 2.50. The molecule has 3 nitrogen and oxygen atoms in total. The van der Waals surface area contributed by atoms with Gasteiger partial charge >= 0.3 is 0 Å². The Hall–Kier alpha value is -1.51. The number of ether oxygens (including phenoxy) is 1. The van der Waals surface area contributed by atoms with Crippen LogP contribution in [0.1, 0.15) is 39.2 Å². The highest BCUT2D eigenvalue weighted by Gasteiger charge is 2.20. The number of carbonyl (C=O) groups excluding carboxylic acids is 1. The number of likely N-dealkylation sites (tertiary alicyclic amines) is 1. The van der Waals surface area contributed by atoms with Gasteiger partial charge in [0.15, 0.2) is 0 Å². The van der Waals surface area contributed by atoms with E-state index in [1.165, 1.54) is 0 Å². The van der Waals surface area contributed by atoms with E-state index in [0.717, 1.165) is 43.2 Å². The summed E-state index contributed by atoms with van der Waals surface area (Å²) < 4.78 is 5.61. The lowest BCUT2D eigenvalue weighted by atomic mass is 9.98. The third-order valence-corrected chi connectivity index (χ3v) is 3.79. The summed E-state index contributed by atoms with van der Waals surface area (Å²) in [7, 11) is 0. The zero-order chi connectivity index (χ0) is 14.5. The van der Waals surface area contributed by atoms with Crippen molar-refractivity contribution in [2.45, 2.75) is 46.1 Å². The minimum Gasteiger partial charge on any atom is -0.491 e. The minimum absolute atomic E-state index is 0.179. The molecule has 1 aromatic rings. The van der Waals surface area contributed by atoms with Gasteiger partial charge in [0.1, 0.15) is 5.75 Å². The molecule has 1 heterocycles. The highest BCUT2D eigenvalue weighted by atomic mass is 16.5. The predicted octanol–water partition coefficient (Wildman–Crippen LogP) is 3.27. The van der Waals surface area contributed by atoms with Gasteiger partial charge < -0.3 is 9.64 Å². The molecular formula is C17H25NO2. The topological polar surface area (TPSA) is 29.5 Å². The Morgan fingerprint density at radius 1 is 1.25 bits per heavy atom. The quantitative estimate of drug-likeness (QED) is 0.844.